The number of amides is 1. The molecule has 0 aromatic carbocycles. The molecule has 0 aromatic heterocycles. The van der Waals surface area contributed by atoms with Gasteiger partial charge in [0.05, 0.1) is 6.61 Å². The molecule has 0 aromatic rings. The van der Waals surface area contributed by atoms with Gasteiger partial charge in [0.2, 0.25) is 0 Å². The summed E-state index contributed by atoms with van der Waals surface area (Å²) in [5, 5.41) is 2.68. The van der Waals surface area contributed by atoms with Gasteiger partial charge in [0.25, 0.3) is 0 Å². The molecule has 5 heteroatoms. The van der Waals surface area contributed by atoms with Crippen LogP contribution in [0.3, 0.4) is 0 Å². The maximum atomic E-state index is 11.4. The van der Waals surface area contributed by atoms with E-state index in [2.05, 4.69) is 25.0 Å². The molecule has 1 N–H and O–H groups in total. The zero-order valence-electron chi connectivity index (χ0n) is 12.6. The molecule has 0 radical (unpaired) electrons. The van der Waals surface area contributed by atoms with Crippen LogP contribution in [0.15, 0.2) is 23.3 Å². The van der Waals surface area contributed by atoms with Crippen molar-refractivity contribution in [3.8, 4) is 0 Å². The summed E-state index contributed by atoms with van der Waals surface area (Å²) in [5.74, 6) is 0. The van der Waals surface area contributed by atoms with Gasteiger partial charge in [-0.1, -0.05) is 37.4 Å². The van der Waals surface area contributed by atoms with Gasteiger partial charge in [-0.05, 0) is 25.5 Å². The zero-order chi connectivity index (χ0) is 14.9. The van der Waals surface area contributed by atoms with E-state index in [-0.39, 0.29) is 6.09 Å². The van der Waals surface area contributed by atoms with Crippen LogP contribution in [0.2, 0.25) is 25.7 Å². The monoisotopic (exact) mass is 283 g/mol. The highest BCUT2D eigenvalue weighted by Crippen LogP contribution is 2.07. The molecule has 0 unspecified atom stereocenters. The van der Waals surface area contributed by atoms with Crippen LogP contribution in [-0.4, -0.2) is 33.6 Å². The predicted octanol–water partition coefficient (Wildman–Crippen LogP) is 3.14. The summed E-state index contributed by atoms with van der Waals surface area (Å²) in [5.41, 5.74) is 1.61. The number of carbonyl (C=O) groups is 2. The molecule has 0 saturated carbocycles. The van der Waals surface area contributed by atoms with Crippen LogP contribution in [0.4, 0.5) is 4.79 Å². The van der Waals surface area contributed by atoms with Crippen molar-refractivity contribution in [1.29, 1.82) is 0 Å². The summed E-state index contributed by atoms with van der Waals surface area (Å²) < 4.78 is 5.10. The number of ether oxygens (including phenoxy) is 1. The number of rotatable bonds is 7. The van der Waals surface area contributed by atoms with Gasteiger partial charge in [-0.15, -0.1) is 0 Å². The Balaban J connectivity index is 3.94. The van der Waals surface area contributed by atoms with Crippen molar-refractivity contribution in [2.75, 3.05) is 13.2 Å². The van der Waals surface area contributed by atoms with E-state index in [4.69, 9.17) is 4.74 Å². The molecule has 0 spiro atoms. The predicted molar refractivity (Wildman–Crippen MR) is 81.1 cm³/mol. The fraction of sp³-hybridized carbons (Fsp3) is 0.571. The average Bonchev–Trinajstić information content (AvgIpc) is 2.31. The van der Waals surface area contributed by atoms with Crippen molar-refractivity contribution in [3.05, 3.63) is 23.3 Å². The first-order chi connectivity index (χ1) is 8.74. The minimum absolute atomic E-state index is 0.387. The Hall–Kier alpha value is -1.36. The van der Waals surface area contributed by atoms with Crippen molar-refractivity contribution in [2.45, 2.75) is 39.5 Å². The summed E-state index contributed by atoms with van der Waals surface area (Å²) >= 11 is 0. The van der Waals surface area contributed by atoms with Crippen LogP contribution in [0.5, 0.6) is 0 Å². The Morgan fingerprint density at radius 1 is 1.21 bits per heavy atom. The number of allylic oxidation sites excluding steroid dienone is 3. The van der Waals surface area contributed by atoms with Crippen LogP contribution in [0, 0.1) is 0 Å². The Kier molecular flexibility index (Phi) is 8.07. The second-order valence-corrected chi connectivity index (χ2v) is 11.5. The fourth-order valence-electron chi connectivity index (χ4n) is 1.08. The number of aldehydes is 1. The number of hydrogen-bond donors (Lipinski definition) is 1. The third-order valence-electron chi connectivity index (χ3n) is 2.41. The molecule has 0 aliphatic carbocycles. The molecule has 0 bridgehead atoms. The van der Waals surface area contributed by atoms with Gasteiger partial charge >= 0.3 is 6.09 Å². The van der Waals surface area contributed by atoms with Crippen molar-refractivity contribution in [1.82, 2.24) is 5.32 Å². The molecule has 0 atom stereocenters. The van der Waals surface area contributed by atoms with Crippen molar-refractivity contribution in [3.63, 3.8) is 0 Å². The smallest absolute Gasteiger partial charge is 0.407 e. The van der Waals surface area contributed by atoms with Crippen LogP contribution in [0.1, 0.15) is 13.8 Å². The molecule has 19 heavy (non-hydrogen) atoms. The standard InChI is InChI=1S/C14H25NO3Si/c1-12(6-7-13(2)11-16)10-15-14(17)18-8-9-19(3,4)5/h6-7,11H,8-10H2,1-5H3,(H,15,17)/b12-6+,13-7+. The summed E-state index contributed by atoms with van der Waals surface area (Å²) in [6.45, 7) is 11.2. The Morgan fingerprint density at radius 2 is 1.84 bits per heavy atom. The lowest BCUT2D eigenvalue weighted by atomic mass is 10.2. The van der Waals surface area contributed by atoms with Crippen LogP contribution >= 0.6 is 0 Å². The fourth-order valence-corrected chi connectivity index (χ4v) is 1.80. The van der Waals surface area contributed by atoms with Gasteiger partial charge in [0, 0.05) is 14.6 Å². The Bertz CT molecular complexity index is 367. The molecular formula is C14H25NO3Si. The maximum absolute atomic E-state index is 11.4. The van der Waals surface area contributed by atoms with Crippen molar-refractivity contribution < 1.29 is 14.3 Å². The number of carbonyl (C=O) groups excluding carboxylic acids is 2. The van der Waals surface area contributed by atoms with E-state index in [9.17, 15) is 9.59 Å². The van der Waals surface area contributed by atoms with Gasteiger partial charge in [-0.25, -0.2) is 4.79 Å². The van der Waals surface area contributed by atoms with E-state index in [0.717, 1.165) is 17.9 Å². The minimum Gasteiger partial charge on any atom is -0.450 e. The van der Waals surface area contributed by atoms with Gasteiger partial charge < -0.3 is 10.1 Å². The van der Waals surface area contributed by atoms with E-state index >= 15 is 0 Å². The third-order valence-corrected chi connectivity index (χ3v) is 4.12. The first-order valence-electron chi connectivity index (χ1n) is 6.44. The first kappa shape index (κ1) is 17.6. The second kappa shape index (κ2) is 8.69. The normalized spacial score (nSPS) is 13.1. The lowest BCUT2D eigenvalue weighted by Gasteiger charge is -2.15. The van der Waals surface area contributed by atoms with E-state index in [1.807, 2.05) is 13.0 Å². The highest BCUT2D eigenvalue weighted by Gasteiger charge is 2.13. The molecule has 0 saturated heterocycles. The highest BCUT2D eigenvalue weighted by molar-refractivity contribution is 6.76. The average molecular weight is 283 g/mol. The summed E-state index contributed by atoms with van der Waals surface area (Å²) in [6.07, 6.45) is 3.94. The van der Waals surface area contributed by atoms with Crippen LogP contribution < -0.4 is 5.32 Å². The molecule has 108 valence electrons. The van der Waals surface area contributed by atoms with E-state index in [1.165, 1.54) is 0 Å². The second-order valence-electron chi connectivity index (χ2n) is 5.84. The van der Waals surface area contributed by atoms with Crippen molar-refractivity contribution in [2.24, 2.45) is 0 Å². The zero-order valence-corrected chi connectivity index (χ0v) is 13.6. The van der Waals surface area contributed by atoms with Gasteiger partial charge in [-0.3, -0.25) is 4.79 Å². The third kappa shape index (κ3) is 11.5. The number of alkyl carbamates (subject to hydrolysis) is 1. The topological polar surface area (TPSA) is 55.4 Å². The van der Waals surface area contributed by atoms with E-state index < -0.39 is 8.07 Å². The first-order valence-corrected chi connectivity index (χ1v) is 10.1. The molecule has 0 heterocycles. The van der Waals surface area contributed by atoms with Crippen LogP contribution in [-0.2, 0) is 9.53 Å². The van der Waals surface area contributed by atoms with E-state index in [1.54, 1.807) is 13.0 Å². The molecule has 0 aliphatic rings. The molecule has 1 amide bonds. The quantitative estimate of drug-likeness (QED) is 0.338. The maximum Gasteiger partial charge on any atom is 0.407 e. The Morgan fingerprint density at radius 3 is 2.37 bits per heavy atom. The molecule has 0 fully saturated rings. The SMILES string of the molecule is C/C(C=O)=C\C=C(/C)CNC(=O)OCC[Si](C)(C)C. The Labute approximate surface area is 116 Å². The minimum atomic E-state index is -1.16. The van der Waals surface area contributed by atoms with Gasteiger partial charge in [-0.2, -0.15) is 0 Å². The molecule has 4 nitrogen and oxygen atoms in total. The lowest BCUT2D eigenvalue weighted by Crippen LogP contribution is -2.28. The molecule has 0 aliphatic heterocycles. The summed E-state index contributed by atoms with van der Waals surface area (Å²) in [4.78, 5) is 21.8. The number of nitrogens with one attached hydrogen (secondary N) is 1. The van der Waals surface area contributed by atoms with Crippen molar-refractivity contribution >= 4 is 20.5 Å². The molecule has 0 rings (SSSR count). The lowest BCUT2D eigenvalue weighted by molar-refractivity contribution is -0.104. The van der Waals surface area contributed by atoms with Gasteiger partial charge in [0.1, 0.15) is 6.29 Å². The summed E-state index contributed by atoms with van der Waals surface area (Å²) in [6, 6.07) is 0.969. The largest absolute Gasteiger partial charge is 0.450 e. The summed E-state index contributed by atoms with van der Waals surface area (Å²) in [7, 11) is -1.16. The van der Waals surface area contributed by atoms with Gasteiger partial charge in [0.15, 0.2) is 0 Å². The highest BCUT2D eigenvalue weighted by atomic mass is 28.3. The molecular weight excluding hydrogens is 258 g/mol. The number of hydrogen-bond acceptors (Lipinski definition) is 3. The van der Waals surface area contributed by atoms with Crippen LogP contribution in [0.25, 0.3) is 0 Å². The van der Waals surface area contributed by atoms with E-state index in [0.29, 0.717) is 18.7 Å².